The van der Waals surface area contributed by atoms with Crippen molar-refractivity contribution >= 4 is 18.0 Å². The number of nitrogens with zero attached hydrogens (tertiary/aromatic N) is 1. The molecule has 1 aromatic rings. The molecule has 2 amide bonds. The minimum Gasteiger partial charge on any atom is -0.457 e. The lowest BCUT2D eigenvalue weighted by Gasteiger charge is -2.39. The summed E-state index contributed by atoms with van der Waals surface area (Å²) in [5.41, 5.74) is 0.261. The molecule has 4 atom stereocenters. The number of esters is 1. The van der Waals surface area contributed by atoms with Crippen LogP contribution >= 0.6 is 0 Å². The van der Waals surface area contributed by atoms with Gasteiger partial charge >= 0.3 is 18.2 Å². The van der Waals surface area contributed by atoms with Crippen LogP contribution in [0.5, 0.6) is 0 Å². The molecule has 2 fully saturated rings. The Labute approximate surface area is 159 Å². The van der Waals surface area contributed by atoms with Crippen LogP contribution in [0.4, 0.5) is 18.0 Å². The highest BCUT2D eigenvalue weighted by atomic mass is 19.4. The molecule has 0 unspecified atom stereocenters. The van der Waals surface area contributed by atoms with Crippen LogP contribution in [0.1, 0.15) is 31.9 Å². The van der Waals surface area contributed by atoms with Gasteiger partial charge < -0.3 is 9.47 Å². The van der Waals surface area contributed by atoms with Crippen LogP contribution < -0.4 is 0 Å². The summed E-state index contributed by atoms with van der Waals surface area (Å²) in [4.78, 5) is 38.0. The van der Waals surface area contributed by atoms with Crippen molar-refractivity contribution in [2.45, 2.75) is 38.6 Å². The van der Waals surface area contributed by atoms with Gasteiger partial charge in [-0.3, -0.25) is 9.59 Å². The van der Waals surface area contributed by atoms with Gasteiger partial charge in [-0.25, -0.2) is 9.69 Å². The second kappa shape index (κ2) is 7.44. The van der Waals surface area contributed by atoms with Crippen LogP contribution in [-0.2, 0) is 19.1 Å². The van der Waals surface area contributed by atoms with Gasteiger partial charge in [-0.2, -0.15) is 13.2 Å². The molecule has 28 heavy (non-hydrogen) atoms. The highest BCUT2D eigenvalue weighted by molar-refractivity contribution is 5.96. The molecule has 0 saturated carbocycles. The first-order valence-corrected chi connectivity index (χ1v) is 8.92. The fraction of sp³-hybridized carbons (Fsp3) is 0.526. The summed E-state index contributed by atoms with van der Waals surface area (Å²) in [5, 5.41) is 0. The molecule has 9 heteroatoms. The zero-order valence-electron chi connectivity index (χ0n) is 15.3. The van der Waals surface area contributed by atoms with E-state index in [4.69, 9.17) is 9.47 Å². The third-order valence-corrected chi connectivity index (χ3v) is 5.15. The second-order valence-electron chi connectivity index (χ2n) is 7.30. The van der Waals surface area contributed by atoms with Crippen molar-refractivity contribution in [3.63, 3.8) is 0 Å². The van der Waals surface area contributed by atoms with Gasteiger partial charge in [-0.1, -0.05) is 44.2 Å². The summed E-state index contributed by atoms with van der Waals surface area (Å²) in [6, 6.07) is 7.09. The third kappa shape index (κ3) is 3.70. The highest BCUT2D eigenvalue weighted by Crippen LogP contribution is 2.47. The average molecular weight is 399 g/mol. The molecule has 2 aliphatic rings. The average Bonchev–Trinajstić information content (AvgIpc) is 3.02. The molecule has 3 rings (SSSR count). The summed E-state index contributed by atoms with van der Waals surface area (Å²) in [7, 11) is 0. The summed E-state index contributed by atoms with van der Waals surface area (Å²) < 4.78 is 51.4. The van der Waals surface area contributed by atoms with E-state index >= 15 is 0 Å². The first kappa shape index (κ1) is 20.2. The lowest BCUT2D eigenvalue weighted by atomic mass is 9.78. The van der Waals surface area contributed by atoms with Crippen LogP contribution in [-0.4, -0.2) is 41.7 Å². The Morgan fingerprint density at radius 1 is 1.18 bits per heavy atom. The van der Waals surface area contributed by atoms with Crippen LogP contribution in [0.3, 0.4) is 0 Å². The van der Waals surface area contributed by atoms with Crippen molar-refractivity contribution in [3.05, 3.63) is 35.9 Å². The molecule has 0 spiro atoms. The second-order valence-corrected chi connectivity index (χ2v) is 7.30. The normalized spacial score (nSPS) is 28.3. The number of rotatable bonds is 3. The third-order valence-electron chi connectivity index (χ3n) is 5.15. The topological polar surface area (TPSA) is 72.9 Å². The van der Waals surface area contributed by atoms with Crippen molar-refractivity contribution in [2.75, 3.05) is 6.61 Å². The summed E-state index contributed by atoms with van der Waals surface area (Å²) in [6.45, 7) is 3.40. The minimum absolute atomic E-state index is 0.0819. The van der Waals surface area contributed by atoms with E-state index in [-0.39, 0.29) is 18.1 Å². The lowest BCUT2D eigenvalue weighted by Crippen LogP contribution is -2.53. The van der Waals surface area contributed by atoms with Gasteiger partial charge in [0.2, 0.25) is 5.91 Å². The summed E-state index contributed by atoms with van der Waals surface area (Å²) >= 11 is 0. The van der Waals surface area contributed by atoms with E-state index < -0.39 is 54.5 Å². The molecule has 2 heterocycles. The molecular weight excluding hydrogens is 379 g/mol. The molecule has 0 radical (unpaired) electrons. The van der Waals surface area contributed by atoms with E-state index in [9.17, 15) is 27.6 Å². The van der Waals surface area contributed by atoms with Crippen LogP contribution in [0.25, 0.3) is 0 Å². The van der Waals surface area contributed by atoms with Crippen LogP contribution in [0, 0.1) is 17.8 Å². The number of alkyl halides is 3. The number of hydrogen-bond acceptors (Lipinski definition) is 5. The number of halogens is 3. The number of ether oxygens (including phenoxy) is 2. The first-order chi connectivity index (χ1) is 13.1. The van der Waals surface area contributed by atoms with E-state index in [1.54, 1.807) is 32.0 Å². The van der Waals surface area contributed by atoms with E-state index in [2.05, 4.69) is 0 Å². The molecule has 0 aromatic heterocycles. The van der Waals surface area contributed by atoms with E-state index in [1.165, 1.54) is 12.1 Å². The fourth-order valence-electron chi connectivity index (χ4n) is 3.66. The Hall–Kier alpha value is -2.58. The molecule has 0 N–H and O–H groups in total. The van der Waals surface area contributed by atoms with Crippen molar-refractivity contribution < 1.29 is 37.0 Å². The number of carbonyl (C=O) groups excluding carboxylic acids is 3. The molecule has 0 bridgehead atoms. The predicted octanol–water partition coefficient (Wildman–Crippen LogP) is 3.47. The maximum Gasteiger partial charge on any atom is 0.416 e. The number of cyclic esters (lactones) is 2. The van der Waals surface area contributed by atoms with Gasteiger partial charge in [0, 0.05) is 0 Å². The van der Waals surface area contributed by atoms with Gasteiger partial charge in [0.1, 0.15) is 12.7 Å². The molecule has 2 aliphatic heterocycles. The van der Waals surface area contributed by atoms with Gasteiger partial charge in [-0.15, -0.1) is 0 Å². The maximum atomic E-state index is 13.8. The Bertz CT molecular complexity index is 765. The van der Waals surface area contributed by atoms with Gasteiger partial charge in [0.15, 0.2) is 0 Å². The molecule has 6 nitrogen and oxygen atoms in total. The van der Waals surface area contributed by atoms with Crippen molar-refractivity contribution in [3.8, 4) is 0 Å². The smallest absolute Gasteiger partial charge is 0.416 e. The van der Waals surface area contributed by atoms with Gasteiger partial charge in [0.25, 0.3) is 0 Å². The van der Waals surface area contributed by atoms with Crippen LogP contribution in [0.15, 0.2) is 30.3 Å². The van der Waals surface area contributed by atoms with Gasteiger partial charge in [0.05, 0.1) is 24.3 Å². The Morgan fingerprint density at radius 3 is 2.39 bits per heavy atom. The van der Waals surface area contributed by atoms with Crippen molar-refractivity contribution in [1.82, 2.24) is 4.90 Å². The standard InChI is InChI=1S/C19H20F3NO5/c1-10(2)13-9-27-18(26)23(13)17(25)15-12(19(20,21)22)8-14(24)28-16(15)11-6-4-3-5-7-11/h3-7,10,12-13,15-16H,8-9H2,1-2H3/t12-,13-,15+,16-/m1/s1. The SMILES string of the molecule is CC(C)[C@H]1COC(=O)N1C(=O)[C@@H]1[C@@H](c2ccccc2)OC(=O)C[C@H]1C(F)(F)F. The van der Waals surface area contributed by atoms with Crippen molar-refractivity contribution in [1.29, 1.82) is 0 Å². The van der Waals surface area contributed by atoms with Crippen LogP contribution in [0.2, 0.25) is 0 Å². The Balaban J connectivity index is 2.05. The van der Waals surface area contributed by atoms with E-state index in [1.807, 2.05) is 0 Å². The van der Waals surface area contributed by atoms with Crippen molar-refractivity contribution in [2.24, 2.45) is 17.8 Å². The molecule has 1 aromatic carbocycles. The number of imide groups is 1. The predicted molar refractivity (Wildman–Crippen MR) is 89.7 cm³/mol. The molecule has 2 saturated heterocycles. The van der Waals surface area contributed by atoms with Gasteiger partial charge in [-0.05, 0) is 11.5 Å². The minimum atomic E-state index is -4.82. The zero-order chi connectivity index (χ0) is 20.6. The number of hydrogen-bond donors (Lipinski definition) is 0. The highest BCUT2D eigenvalue weighted by Gasteiger charge is 2.58. The summed E-state index contributed by atoms with van der Waals surface area (Å²) in [6.07, 6.45) is -8.21. The number of benzene rings is 1. The quantitative estimate of drug-likeness (QED) is 0.728. The first-order valence-electron chi connectivity index (χ1n) is 8.92. The Morgan fingerprint density at radius 2 is 1.82 bits per heavy atom. The van der Waals surface area contributed by atoms with E-state index in [0.29, 0.717) is 0 Å². The molecular formula is C19H20F3NO5. The monoisotopic (exact) mass is 399 g/mol. The number of carbonyl (C=O) groups is 3. The molecule has 0 aliphatic carbocycles. The number of amides is 2. The largest absolute Gasteiger partial charge is 0.457 e. The fourth-order valence-corrected chi connectivity index (χ4v) is 3.66. The summed E-state index contributed by atoms with van der Waals surface area (Å²) in [5.74, 6) is -6.31. The Kier molecular flexibility index (Phi) is 5.36. The lowest BCUT2D eigenvalue weighted by molar-refractivity contribution is -0.225. The molecule has 152 valence electrons. The maximum absolute atomic E-state index is 13.8. The van der Waals surface area contributed by atoms with E-state index in [0.717, 1.165) is 4.90 Å². The zero-order valence-corrected chi connectivity index (χ0v) is 15.3.